The van der Waals surface area contributed by atoms with Crippen molar-refractivity contribution >= 4 is 0 Å². The van der Waals surface area contributed by atoms with E-state index in [1.807, 2.05) is 32.1 Å². The average molecular weight is 214 g/mol. The van der Waals surface area contributed by atoms with Crippen molar-refractivity contribution in [1.29, 1.82) is 0 Å². The maximum Gasteiger partial charge on any atom is -0.0398 e. The molecule has 86 valence electrons. The van der Waals surface area contributed by atoms with Gasteiger partial charge in [0.15, 0.2) is 0 Å². The second-order valence-electron chi connectivity index (χ2n) is 3.80. The van der Waals surface area contributed by atoms with E-state index < -0.39 is 0 Å². The first-order chi connectivity index (χ1) is 7.60. The topological polar surface area (TPSA) is 0 Å². The molecule has 0 spiro atoms. The zero-order valence-corrected chi connectivity index (χ0v) is 10.8. The predicted molar refractivity (Wildman–Crippen MR) is 74.7 cm³/mol. The predicted octanol–water partition coefficient (Wildman–Crippen LogP) is 5.00. The zero-order chi connectivity index (χ0) is 12.4. The van der Waals surface area contributed by atoms with E-state index in [1.54, 1.807) is 6.08 Å². The largest absolute Gasteiger partial charge is 0.0991 e. The van der Waals surface area contributed by atoms with Gasteiger partial charge in [-0.15, -0.1) is 0 Å². The summed E-state index contributed by atoms with van der Waals surface area (Å²) in [6.07, 6.45) is 7.81. The number of hydrogen-bond acceptors (Lipinski definition) is 0. The molecule has 0 atom stereocenters. The Hall–Kier alpha value is -1.56. The van der Waals surface area contributed by atoms with E-state index in [0.29, 0.717) is 0 Å². The Labute approximate surface area is 100 Å². The fraction of sp³-hybridized carbons (Fsp3) is 0.250. The molecule has 0 heterocycles. The summed E-state index contributed by atoms with van der Waals surface area (Å²) in [6, 6.07) is 8.48. The Morgan fingerprint density at radius 3 is 1.81 bits per heavy atom. The van der Waals surface area contributed by atoms with Crippen molar-refractivity contribution in [2.75, 3.05) is 0 Å². The summed E-state index contributed by atoms with van der Waals surface area (Å²) in [5.41, 5.74) is 3.90. The van der Waals surface area contributed by atoms with Crippen LogP contribution in [0.2, 0.25) is 0 Å². The minimum atomic E-state index is 1.24. The quantitative estimate of drug-likeness (QED) is 0.608. The molecule has 0 heteroatoms. The smallest absolute Gasteiger partial charge is 0.0398 e. The van der Waals surface area contributed by atoms with Crippen molar-refractivity contribution in [2.45, 2.75) is 27.7 Å². The molecule has 0 saturated heterocycles. The number of hydrogen-bond donors (Lipinski definition) is 0. The normalized spacial score (nSPS) is 10.9. The lowest BCUT2D eigenvalue weighted by molar-refractivity contribution is 1.40. The van der Waals surface area contributed by atoms with Crippen molar-refractivity contribution in [1.82, 2.24) is 0 Å². The van der Waals surface area contributed by atoms with Crippen molar-refractivity contribution in [2.24, 2.45) is 0 Å². The molecule has 0 saturated carbocycles. The van der Waals surface area contributed by atoms with E-state index in [4.69, 9.17) is 0 Å². The molecule has 0 unspecified atom stereocenters. The number of benzene rings is 1. The van der Waals surface area contributed by atoms with Crippen LogP contribution < -0.4 is 0 Å². The third-order valence-electron chi connectivity index (χ3n) is 2.03. The van der Waals surface area contributed by atoms with E-state index in [2.05, 4.69) is 44.7 Å². The maximum atomic E-state index is 3.57. The van der Waals surface area contributed by atoms with Crippen LogP contribution >= 0.6 is 0 Å². The Balaban J connectivity index is 0.000000281. The van der Waals surface area contributed by atoms with Crippen molar-refractivity contribution in [3.8, 4) is 0 Å². The SMILES string of the molecule is C=C/C=C(C)\C=C/C.Cc1ccc(C)cc1. The molecule has 0 aliphatic rings. The lowest BCUT2D eigenvalue weighted by atomic mass is 10.2. The zero-order valence-electron chi connectivity index (χ0n) is 10.8. The van der Waals surface area contributed by atoms with Gasteiger partial charge in [-0.1, -0.05) is 71.8 Å². The first-order valence-electron chi connectivity index (χ1n) is 5.55. The second kappa shape index (κ2) is 8.72. The van der Waals surface area contributed by atoms with Gasteiger partial charge in [-0.2, -0.15) is 0 Å². The van der Waals surface area contributed by atoms with E-state index >= 15 is 0 Å². The molecule has 0 fully saturated rings. The Kier molecular flexibility index (Phi) is 7.87. The van der Waals surface area contributed by atoms with Crippen LogP contribution in [0, 0.1) is 13.8 Å². The minimum Gasteiger partial charge on any atom is -0.0991 e. The second-order valence-corrected chi connectivity index (χ2v) is 3.80. The molecule has 1 aromatic carbocycles. The fourth-order valence-electron chi connectivity index (χ4n) is 1.14. The molecule has 0 nitrogen and oxygen atoms in total. The van der Waals surface area contributed by atoms with E-state index in [1.165, 1.54) is 16.7 Å². The fourth-order valence-corrected chi connectivity index (χ4v) is 1.14. The van der Waals surface area contributed by atoms with Gasteiger partial charge in [0.25, 0.3) is 0 Å². The van der Waals surface area contributed by atoms with Crippen LogP contribution in [-0.4, -0.2) is 0 Å². The molecule has 0 aliphatic heterocycles. The molecule has 16 heavy (non-hydrogen) atoms. The highest BCUT2D eigenvalue weighted by Crippen LogP contribution is 1.99. The van der Waals surface area contributed by atoms with Crippen molar-refractivity contribution < 1.29 is 0 Å². The van der Waals surface area contributed by atoms with Gasteiger partial charge >= 0.3 is 0 Å². The van der Waals surface area contributed by atoms with Crippen LogP contribution in [0.4, 0.5) is 0 Å². The molecule has 0 radical (unpaired) electrons. The number of allylic oxidation sites excluding steroid dienone is 5. The lowest BCUT2D eigenvalue weighted by Gasteiger charge is -1.90. The van der Waals surface area contributed by atoms with Crippen LogP contribution in [0.25, 0.3) is 0 Å². The van der Waals surface area contributed by atoms with Gasteiger partial charge in [0.05, 0.1) is 0 Å². The first-order valence-corrected chi connectivity index (χ1v) is 5.55. The number of rotatable bonds is 2. The third-order valence-corrected chi connectivity index (χ3v) is 2.03. The molecule has 0 aromatic heterocycles. The third kappa shape index (κ3) is 7.81. The highest BCUT2D eigenvalue weighted by molar-refractivity contribution is 5.20. The van der Waals surface area contributed by atoms with Crippen molar-refractivity contribution in [3.05, 3.63) is 71.8 Å². The van der Waals surface area contributed by atoms with Gasteiger partial charge in [0.2, 0.25) is 0 Å². The standard InChI is InChI=1S/C8H10.C8H12/c1-7-3-5-8(2)6-4-7;1-4-6-8(3)7-5-2/h3-6H,1-2H3;4-7H,1H2,2-3H3/b;7-5-,8-6-. The van der Waals surface area contributed by atoms with Gasteiger partial charge in [-0.25, -0.2) is 0 Å². The molecule has 0 bridgehead atoms. The molecular formula is C16H22. The summed E-state index contributed by atoms with van der Waals surface area (Å²) in [4.78, 5) is 0. The molecule has 0 N–H and O–H groups in total. The van der Waals surface area contributed by atoms with Crippen molar-refractivity contribution in [3.63, 3.8) is 0 Å². The van der Waals surface area contributed by atoms with Gasteiger partial charge in [-0.05, 0) is 27.7 Å². The maximum absolute atomic E-state index is 3.57. The Bertz CT molecular complexity index is 329. The van der Waals surface area contributed by atoms with Crippen LogP contribution in [0.5, 0.6) is 0 Å². The van der Waals surface area contributed by atoms with E-state index in [-0.39, 0.29) is 0 Å². The Morgan fingerprint density at radius 2 is 1.50 bits per heavy atom. The van der Waals surface area contributed by atoms with Crippen LogP contribution in [-0.2, 0) is 0 Å². The van der Waals surface area contributed by atoms with Gasteiger partial charge in [0.1, 0.15) is 0 Å². The van der Waals surface area contributed by atoms with Crippen LogP contribution in [0.1, 0.15) is 25.0 Å². The summed E-state index contributed by atoms with van der Waals surface area (Å²) in [7, 11) is 0. The average Bonchev–Trinajstić information content (AvgIpc) is 2.24. The van der Waals surface area contributed by atoms with Gasteiger partial charge in [-0.3, -0.25) is 0 Å². The summed E-state index contributed by atoms with van der Waals surface area (Å²) in [5.74, 6) is 0. The molecule has 0 amide bonds. The van der Waals surface area contributed by atoms with Crippen LogP contribution in [0.3, 0.4) is 0 Å². The monoisotopic (exact) mass is 214 g/mol. The van der Waals surface area contributed by atoms with Gasteiger partial charge < -0.3 is 0 Å². The Morgan fingerprint density at radius 1 is 1.06 bits per heavy atom. The summed E-state index contributed by atoms with van der Waals surface area (Å²) < 4.78 is 0. The minimum absolute atomic E-state index is 1.24. The van der Waals surface area contributed by atoms with Gasteiger partial charge in [0, 0.05) is 0 Å². The molecule has 0 aliphatic carbocycles. The highest BCUT2D eigenvalue weighted by atomic mass is 13.9. The molecule has 1 rings (SSSR count). The van der Waals surface area contributed by atoms with E-state index in [0.717, 1.165) is 0 Å². The summed E-state index contributed by atoms with van der Waals surface area (Å²) >= 11 is 0. The lowest BCUT2D eigenvalue weighted by Crippen LogP contribution is -1.70. The molecule has 1 aromatic rings. The summed E-state index contributed by atoms with van der Waals surface area (Å²) in [6.45, 7) is 11.8. The van der Waals surface area contributed by atoms with Crippen LogP contribution in [0.15, 0.2) is 60.7 Å². The number of aryl methyl sites for hydroxylation is 2. The summed E-state index contributed by atoms with van der Waals surface area (Å²) in [5, 5.41) is 0. The van der Waals surface area contributed by atoms with E-state index in [9.17, 15) is 0 Å². The highest BCUT2D eigenvalue weighted by Gasteiger charge is 1.79. The first kappa shape index (κ1) is 14.4. The molecular weight excluding hydrogens is 192 g/mol.